The Hall–Kier alpha value is -3.26. The van der Waals surface area contributed by atoms with Crippen molar-refractivity contribution < 1.29 is 23.7 Å². The molecular weight excluding hydrogens is 508 g/mol. The molecule has 0 saturated carbocycles. The summed E-state index contributed by atoms with van der Waals surface area (Å²) in [5.74, 6) is -0.142. The number of benzene rings is 4. The van der Waals surface area contributed by atoms with Gasteiger partial charge >= 0.3 is 0 Å². The van der Waals surface area contributed by atoms with E-state index in [9.17, 15) is 4.79 Å². The van der Waals surface area contributed by atoms with E-state index >= 15 is 0 Å². The highest BCUT2D eigenvalue weighted by molar-refractivity contribution is 8.00. The summed E-state index contributed by atoms with van der Waals surface area (Å²) in [6, 6.07) is 39.6. The summed E-state index contributed by atoms with van der Waals surface area (Å²) in [4.78, 5) is 14.8. The average Bonchev–Trinajstić information content (AvgIpc) is 2.99. The molecule has 0 N–H and O–H groups in total. The summed E-state index contributed by atoms with van der Waals surface area (Å²) in [5, 5.41) is 0. The molecule has 0 radical (unpaired) electrons. The van der Waals surface area contributed by atoms with Crippen LogP contribution >= 0.6 is 11.8 Å². The number of hydrogen-bond acceptors (Lipinski definition) is 6. The Kier molecular flexibility index (Phi) is 9.96. The smallest absolute Gasteiger partial charge is 0.203 e. The van der Waals surface area contributed by atoms with Crippen molar-refractivity contribution in [2.45, 2.75) is 48.5 Å². The van der Waals surface area contributed by atoms with Crippen LogP contribution in [0.2, 0.25) is 0 Å². The van der Waals surface area contributed by atoms with Crippen LogP contribution in [-0.2, 0) is 43.6 Å². The SMILES string of the molecule is O=C1[C@@H](Sc2ccccc2)O[C@H](COCc2ccccc2)[C@@H](OCc2ccccc2)[C@@H]1OCc1ccccc1. The van der Waals surface area contributed by atoms with Gasteiger partial charge < -0.3 is 18.9 Å². The summed E-state index contributed by atoms with van der Waals surface area (Å²) in [7, 11) is 0. The Morgan fingerprint density at radius 3 is 1.67 bits per heavy atom. The fourth-order valence-electron chi connectivity index (χ4n) is 4.40. The number of thioether (sulfide) groups is 1. The quantitative estimate of drug-likeness (QED) is 0.206. The molecule has 200 valence electrons. The summed E-state index contributed by atoms with van der Waals surface area (Å²) >= 11 is 1.39. The molecule has 1 heterocycles. The fourth-order valence-corrected chi connectivity index (χ4v) is 5.41. The third-order valence-corrected chi connectivity index (χ3v) is 7.52. The molecule has 0 unspecified atom stereocenters. The molecule has 0 aliphatic carbocycles. The van der Waals surface area contributed by atoms with Gasteiger partial charge in [0.25, 0.3) is 0 Å². The molecule has 4 atom stereocenters. The van der Waals surface area contributed by atoms with Gasteiger partial charge in [0.15, 0.2) is 5.44 Å². The highest BCUT2D eigenvalue weighted by Gasteiger charge is 2.47. The third kappa shape index (κ3) is 7.88. The van der Waals surface area contributed by atoms with Crippen molar-refractivity contribution >= 4 is 17.5 Å². The number of ketones is 1. The first-order valence-electron chi connectivity index (χ1n) is 13.1. The van der Waals surface area contributed by atoms with Crippen molar-refractivity contribution in [3.8, 4) is 0 Å². The predicted molar refractivity (Wildman–Crippen MR) is 152 cm³/mol. The van der Waals surface area contributed by atoms with Crippen molar-refractivity contribution in [1.82, 2.24) is 0 Å². The van der Waals surface area contributed by atoms with E-state index in [0.29, 0.717) is 19.8 Å². The topological polar surface area (TPSA) is 54.0 Å². The van der Waals surface area contributed by atoms with Gasteiger partial charge in [-0.15, -0.1) is 0 Å². The minimum Gasteiger partial charge on any atom is -0.374 e. The highest BCUT2D eigenvalue weighted by atomic mass is 32.2. The molecular formula is C33H32O5S. The molecule has 4 aromatic rings. The second-order valence-electron chi connectivity index (χ2n) is 9.32. The van der Waals surface area contributed by atoms with Crippen LogP contribution in [0.5, 0.6) is 0 Å². The zero-order valence-electron chi connectivity index (χ0n) is 21.6. The zero-order valence-corrected chi connectivity index (χ0v) is 22.5. The molecule has 1 fully saturated rings. The van der Waals surface area contributed by atoms with E-state index in [0.717, 1.165) is 21.6 Å². The van der Waals surface area contributed by atoms with Crippen LogP contribution in [0.3, 0.4) is 0 Å². The maximum absolute atomic E-state index is 13.8. The molecule has 6 heteroatoms. The molecule has 1 aliphatic heterocycles. The number of carbonyl (C=O) groups excluding carboxylic acids is 1. The average molecular weight is 541 g/mol. The second kappa shape index (κ2) is 14.2. The van der Waals surface area contributed by atoms with Crippen molar-refractivity contribution in [3.05, 3.63) is 138 Å². The summed E-state index contributed by atoms with van der Waals surface area (Å²) < 4.78 is 25.2. The molecule has 0 aromatic heterocycles. The highest BCUT2D eigenvalue weighted by Crippen LogP contribution is 2.34. The lowest BCUT2D eigenvalue weighted by Gasteiger charge is -2.40. The van der Waals surface area contributed by atoms with Crippen LogP contribution in [0, 0.1) is 0 Å². The lowest BCUT2D eigenvalue weighted by Crippen LogP contribution is -2.57. The Morgan fingerprint density at radius 2 is 1.10 bits per heavy atom. The largest absolute Gasteiger partial charge is 0.374 e. The Labute approximate surface area is 234 Å². The van der Waals surface area contributed by atoms with E-state index in [1.54, 1.807) is 0 Å². The van der Waals surface area contributed by atoms with Crippen molar-refractivity contribution in [3.63, 3.8) is 0 Å². The maximum atomic E-state index is 13.8. The minimum absolute atomic E-state index is 0.142. The Bertz CT molecular complexity index is 1270. The zero-order chi connectivity index (χ0) is 26.7. The minimum atomic E-state index is -0.811. The summed E-state index contributed by atoms with van der Waals surface area (Å²) in [5.41, 5.74) is 2.33. The summed E-state index contributed by atoms with van der Waals surface area (Å²) in [6.45, 7) is 1.33. The standard InChI is InChI=1S/C33H32O5S/c34-30-32(37-23-27-17-9-3-10-18-27)31(36-22-26-15-7-2-8-16-26)29(24-35-21-25-13-5-1-6-14-25)38-33(30)39-28-19-11-4-12-20-28/h1-20,29,31-33H,21-24H2/t29-,31-,32-,33-/m1/s1. The molecule has 0 bridgehead atoms. The van der Waals surface area contributed by atoms with Crippen LogP contribution < -0.4 is 0 Å². The van der Waals surface area contributed by atoms with Crippen LogP contribution in [0.4, 0.5) is 0 Å². The molecule has 1 aliphatic rings. The van der Waals surface area contributed by atoms with Crippen LogP contribution in [-0.4, -0.2) is 36.1 Å². The molecule has 5 nitrogen and oxygen atoms in total. The number of ether oxygens (including phenoxy) is 4. The Morgan fingerprint density at radius 1 is 0.615 bits per heavy atom. The van der Waals surface area contributed by atoms with E-state index in [2.05, 4.69) is 0 Å². The van der Waals surface area contributed by atoms with Gasteiger partial charge in [0, 0.05) is 4.90 Å². The number of hydrogen-bond donors (Lipinski definition) is 0. The van der Waals surface area contributed by atoms with Crippen molar-refractivity contribution in [2.24, 2.45) is 0 Å². The van der Waals surface area contributed by atoms with Gasteiger partial charge in [0.1, 0.15) is 18.3 Å². The summed E-state index contributed by atoms with van der Waals surface area (Å²) in [6.07, 6.45) is -1.95. The fraction of sp³-hybridized carbons (Fsp3) is 0.242. The normalized spacial score (nSPS) is 21.1. The first-order valence-corrected chi connectivity index (χ1v) is 14.0. The number of rotatable bonds is 12. The molecule has 5 rings (SSSR count). The molecule has 0 spiro atoms. The van der Waals surface area contributed by atoms with Crippen LogP contribution in [0.1, 0.15) is 16.7 Å². The van der Waals surface area contributed by atoms with E-state index in [4.69, 9.17) is 18.9 Å². The van der Waals surface area contributed by atoms with Gasteiger partial charge in [-0.05, 0) is 28.8 Å². The van der Waals surface area contributed by atoms with Gasteiger partial charge in [-0.1, -0.05) is 121 Å². The van der Waals surface area contributed by atoms with Gasteiger partial charge in [-0.3, -0.25) is 4.79 Å². The number of Topliss-reactive ketones (excluding diaryl/α,β-unsaturated/α-hetero) is 1. The van der Waals surface area contributed by atoms with Crippen LogP contribution in [0.25, 0.3) is 0 Å². The van der Waals surface area contributed by atoms with Gasteiger partial charge in [0.2, 0.25) is 5.78 Å². The number of carbonyl (C=O) groups is 1. The lowest BCUT2D eigenvalue weighted by atomic mass is 10.0. The van der Waals surface area contributed by atoms with E-state index in [-0.39, 0.29) is 12.4 Å². The Balaban J connectivity index is 1.37. The van der Waals surface area contributed by atoms with E-state index < -0.39 is 23.7 Å². The predicted octanol–water partition coefficient (Wildman–Crippen LogP) is 6.46. The van der Waals surface area contributed by atoms with E-state index in [1.807, 2.05) is 121 Å². The van der Waals surface area contributed by atoms with Crippen molar-refractivity contribution in [1.29, 1.82) is 0 Å². The maximum Gasteiger partial charge on any atom is 0.203 e. The van der Waals surface area contributed by atoms with Crippen molar-refractivity contribution in [2.75, 3.05) is 6.61 Å². The first-order chi connectivity index (χ1) is 19.3. The molecule has 0 amide bonds. The van der Waals surface area contributed by atoms with Gasteiger partial charge in [-0.2, -0.15) is 0 Å². The lowest BCUT2D eigenvalue weighted by molar-refractivity contribution is -0.203. The first kappa shape index (κ1) is 27.3. The van der Waals surface area contributed by atoms with E-state index in [1.165, 1.54) is 11.8 Å². The molecule has 39 heavy (non-hydrogen) atoms. The monoisotopic (exact) mass is 540 g/mol. The van der Waals surface area contributed by atoms with Gasteiger partial charge in [0.05, 0.1) is 26.4 Å². The second-order valence-corrected chi connectivity index (χ2v) is 10.5. The van der Waals surface area contributed by atoms with Gasteiger partial charge in [-0.25, -0.2) is 0 Å². The third-order valence-electron chi connectivity index (χ3n) is 6.41. The molecule has 4 aromatic carbocycles. The van der Waals surface area contributed by atoms with Crippen LogP contribution in [0.15, 0.2) is 126 Å². The molecule has 1 saturated heterocycles.